The van der Waals surface area contributed by atoms with E-state index in [-0.39, 0.29) is 11.4 Å². The quantitative estimate of drug-likeness (QED) is 0.943. The molecule has 1 N–H and O–H groups in total. The highest BCUT2D eigenvalue weighted by Gasteiger charge is 2.11. The van der Waals surface area contributed by atoms with Crippen LogP contribution in [0.4, 0.5) is 4.39 Å². The maximum Gasteiger partial charge on any atom is 0.337 e. The molecule has 18 heavy (non-hydrogen) atoms. The van der Waals surface area contributed by atoms with Crippen molar-refractivity contribution in [2.45, 2.75) is 13.5 Å². The van der Waals surface area contributed by atoms with Crippen molar-refractivity contribution in [1.82, 2.24) is 4.57 Å². The van der Waals surface area contributed by atoms with Gasteiger partial charge in [0.2, 0.25) is 0 Å². The zero-order chi connectivity index (χ0) is 13.3. The standard InChI is InChI=1S/C13H11BrFNO2/c1-8-10(13(17)18)4-5-16(8)7-9-2-3-12(15)11(14)6-9/h2-6H,7H2,1H3,(H,17,18). The van der Waals surface area contributed by atoms with Crippen LogP contribution in [-0.2, 0) is 6.54 Å². The van der Waals surface area contributed by atoms with E-state index in [1.807, 2.05) is 4.57 Å². The van der Waals surface area contributed by atoms with Crippen LogP contribution in [0.5, 0.6) is 0 Å². The molecular weight excluding hydrogens is 301 g/mol. The summed E-state index contributed by atoms with van der Waals surface area (Å²) in [5.74, 6) is -1.25. The van der Waals surface area contributed by atoms with Gasteiger partial charge in [0.15, 0.2) is 0 Å². The average Bonchev–Trinajstić information content (AvgIpc) is 2.66. The summed E-state index contributed by atoms with van der Waals surface area (Å²) < 4.78 is 15.3. The minimum atomic E-state index is -0.938. The summed E-state index contributed by atoms with van der Waals surface area (Å²) in [5.41, 5.74) is 1.87. The Hall–Kier alpha value is -1.62. The van der Waals surface area contributed by atoms with Crippen LogP contribution in [0.2, 0.25) is 0 Å². The van der Waals surface area contributed by atoms with Crippen molar-refractivity contribution in [3.63, 3.8) is 0 Å². The van der Waals surface area contributed by atoms with Gasteiger partial charge in [-0.3, -0.25) is 0 Å². The van der Waals surface area contributed by atoms with Crippen molar-refractivity contribution in [2.75, 3.05) is 0 Å². The fraction of sp³-hybridized carbons (Fsp3) is 0.154. The molecule has 0 bridgehead atoms. The van der Waals surface area contributed by atoms with Gasteiger partial charge in [0, 0.05) is 18.4 Å². The summed E-state index contributed by atoms with van der Waals surface area (Å²) in [6.45, 7) is 2.26. The molecule has 1 aromatic heterocycles. The Labute approximate surface area is 112 Å². The van der Waals surface area contributed by atoms with E-state index in [0.717, 1.165) is 5.56 Å². The molecule has 0 spiro atoms. The van der Waals surface area contributed by atoms with Gasteiger partial charge in [0.25, 0.3) is 0 Å². The molecule has 0 radical (unpaired) electrons. The second kappa shape index (κ2) is 4.94. The van der Waals surface area contributed by atoms with Crippen LogP contribution in [0.25, 0.3) is 0 Å². The van der Waals surface area contributed by atoms with E-state index in [4.69, 9.17) is 5.11 Å². The summed E-state index contributed by atoms with van der Waals surface area (Å²) in [7, 11) is 0. The van der Waals surface area contributed by atoms with E-state index in [1.165, 1.54) is 6.07 Å². The summed E-state index contributed by atoms with van der Waals surface area (Å²) in [6, 6.07) is 6.32. The third-order valence-corrected chi connectivity index (χ3v) is 3.42. The lowest BCUT2D eigenvalue weighted by Crippen LogP contribution is -2.04. The Bertz CT molecular complexity index is 607. The molecule has 2 rings (SSSR count). The van der Waals surface area contributed by atoms with E-state index in [9.17, 15) is 9.18 Å². The molecule has 0 aliphatic carbocycles. The second-order valence-corrected chi connectivity index (χ2v) is 4.85. The van der Waals surface area contributed by atoms with Gasteiger partial charge < -0.3 is 9.67 Å². The summed E-state index contributed by atoms with van der Waals surface area (Å²) in [5, 5.41) is 8.96. The normalized spacial score (nSPS) is 10.6. The number of rotatable bonds is 3. The summed E-state index contributed by atoms with van der Waals surface area (Å²) in [4.78, 5) is 10.9. The lowest BCUT2D eigenvalue weighted by Gasteiger charge is -2.07. The number of hydrogen-bond acceptors (Lipinski definition) is 1. The maximum atomic E-state index is 13.1. The van der Waals surface area contributed by atoms with E-state index in [1.54, 1.807) is 31.3 Å². The van der Waals surface area contributed by atoms with Gasteiger partial charge in [-0.15, -0.1) is 0 Å². The molecule has 0 aliphatic rings. The third-order valence-electron chi connectivity index (χ3n) is 2.81. The lowest BCUT2D eigenvalue weighted by atomic mass is 10.2. The van der Waals surface area contributed by atoms with Gasteiger partial charge in [0.1, 0.15) is 5.82 Å². The number of benzene rings is 1. The van der Waals surface area contributed by atoms with Gasteiger partial charge in [-0.25, -0.2) is 9.18 Å². The number of hydrogen-bond donors (Lipinski definition) is 1. The lowest BCUT2D eigenvalue weighted by molar-refractivity contribution is 0.0696. The minimum Gasteiger partial charge on any atom is -0.478 e. The van der Waals surface area contributed by atoms with E-state index in [0.29, 0.717) is 16.7 Å². The molecule has 0 saturated carbocycles. The SMILES string of the molecule is Cc1c(C(=O)O)ccn1Cc1ccc(F)c(Br)c1. The molecule has 1 aromatic carbocycles. The summed E-state index contributed by atoms with van der Waals surface area (Å²) >= 11 is 3.13. The Morgan fingerprint density at radius 1 is 1.44 bits per heavy atom. The largest absolute Gasteiger partial charge is 0.478 e. The van der Waals surface area contributed by atoms with Crippen molar-refractivity contribution in [3.8, 4) is 0 Å². The first kappa shape index (κ1) is 12.8. The predicted octanol–water partition coefficient (Wildman–Crippen LogP) is 3.44. The van der Waals surface area contributed by atoms with Crippen molar-refractivity contribution in [1.29, 1.82) is 0 Å². The van der Waals surface area contributed by atoms with Gasteiger partial charge in [0.05, 0.1) is 10.0 Å². The highest BCUT2D eigenvalue weighted by atomic mass is 79.9. The van der Waals surface area contributed by atoms with Gasteiger partial charge in [-0.1, -0.05) is 6.07 Å². The van der Waals surface area contributed by atoms with Crippen LogP contribution in [0.1, 0.15) is 21.6 Å². The average molecular weight is 312 g/mol. The molecule has 94 valence electrons. The Kier molecular flexibility index (Phi) is 3.52. The van der Waals surface area contributed by atoms with Crippen LogP contribution < -0.4 is 0 Å². The van der Waals surface area contributed by atoms with Crippen LogP contribution in [-0.4, -0.2) is 15.6 Å². The molecule has 0 unspecified atom stereocenters. The molecule has 0 saturated heterocycles. The number of carboxylic acid groups (broad SMARTS) is 1. The molecule has 0 aliphatic heterocycles. The van der Waals surface area contributed by atoms with E-state index < -0.39 is 5.97 Å². The van der Waals surface area contributed by atoms with Crippen LogP contribution in [0.15, 0.2) is 34.9 Å². The van der Waals surface area contributed by atoms with Gasteiger partial charge >= 0.3 is 5.97 Å². The fourth-order valence-electron chi connectivity index (χ4n) is 1.78. The first-order chi connectivity index (χ1) is 8.49. The van der Waals surface area contributed by atoms with E-state index >= 15 is 0 Å². The summed E-state index contributed by atoms with van der Waals surface area (Å²) in [6.07, 6.45) is 1.72. The first-order valence-electron chi connectivity index (χ1n) is 5.32. The molecule has 0 atom stereocenters. The number of nitrogens with zero attached hydrogens (tertiary/aromatic N) is 1. The smallest absolute Gasteiger partial charge is 0.337 e. The molecule has 0 fully saturated rings. The topological polar surface area (TPSA) is 42.2 Å². The number of carboxylic acids is 1. The van der Waals surface area contributed by atoms with Crippen molar-refractivity contribution in [3.05, 3.63) is 57.6 Å². The molecule has 1 heterocycles. The number of carbonyl (C=O) groups is 1. The number of aromatic nitrogens is 1. The zero-order valence-electron chi connectivity index (χ0n) is 9.65. The monoisotopic (exact) mass is 311 g/mol. The second-order valence-electron chi connectivity index (χ2n) is 4.00. The van der Waals surface area contributed by atoms with E-state index in [2.05, 4.69) is 15.9 Å². The highest BCUT2D eigenvalue weighted by Crippen LogP contribution is 2.19. The van der Waals surface area contributed by atoms with Crippen LogP contribution >= 0.6 is 15.9 Å². The van der Waals surface area contributed by atoms with Crippen molar-refractivity contribution >= 4 is 21.9 Å². The Morgan fingerprint density at radius 2 is 2.17 bits per heavy atom. The van der Waals surface area contributed by atoms with Crippen molar-refractivity contribution < 1.29 is 14.3 Å². The molecular formula is C13H11BrFNO2. The van der Waals surface area contributed by atoms with Gasteiger partial charge in [-0.2, -0.15) is 0 Å². The Morgan fingerprint density at radius 3 is 2.72 bits per heavy atom. The highest BCUT2D eigenvalue weighted by molar-refractivity contribution is 9.10. The van der Waals surface area contributed by atoms with Crippen molar-refractivity contribution in [2.24, 2.45) is 0 Å². The number of aromatic carboxylic acids is 1. The van der Waals surface area contributed by atoms with Crippen LogP contribution in [0.3, 0.4) is 0 Å². The zero-order valence-corrected chi connectivity index (χ0v) is 11.2. The molecule has 0 amide bonds. The third kappa shape index (κ3) is 2.46. The van der Waals surface area contributed by atoms with Crippen LogP contribution in [0, 0.1) is 12.7 Å². The fourth-order valence-corrected chi connectivity index (χ4v) is 2.21. The Balaban J connectivity index is 2.29. The maximum absolute atomic E-state index is 13.1. The predicted molar refractivity (Wildman–Crippen MR) is 69.3 cm³/mol. The number of halogens is 2. The molecule has 3 nitrogen and oxygen atoms in total. The van der Waals surface area contributed by atoms with Gasteiger partial charge in [-0.05, 0) is 46.6 Å². The molecule has 5 heteroatoms. The minimum absolute atomic E-state index is 0.288. The first-order valence-corrected chi connectivity index (χ1v) is 6.11. The molecule has 2 aromatic rings.